The van der Waals surface area contributed by atoms with Gasteiger partial charge < -0.3 is 20.4 Å². The summed E-state index contributed by atoms with van der Waals surface area (Å²) >= 11 is 5.99. The summed E-state index contributed by atoms with van der Waals surface area (Å²) in [6.07, 6.45) is 0.718. The Hall–Kier alpha value is -3.10. The fourth-order valence-electron chi connectivity index (χ4n) is 4.64. The van der Waals surface area contributed by atoms with Crippen LogP contribution < -0.4 is 15.5 Å². The van der Waals surface area contributed by atoms with Gasteiger partial charge in [-0.3, -0.25) is 19.3 Å². The van der Waals surface area contributed by atoms with Gasteiger partial charge in [0.25, 0.3) is 0 Å². The zero-order valence-electron chi connectivity index (χ0n) is 20.0. The van der Waals surface area contributed by atoms with Crippen molar-refractivity contribution in [1.29, 1.82) is 0 Å². The van der Waals surface area contributed by atoms with E-state index in [4.69, 9.17) is 11.6 Å². The molecule has 0 spiro atoms. The smallest absolute Gasteiger partial charge is 0.243 e. The van der Waals surface area contributed by atoms with Gasteiger partial charge in [0.05, 0.1) is 13.0 Å². The maximum absolute atomic E-state index is 13.2. The molecule has 35 heavy (non-hydrogen) atoms. The Morgan fingerprint density at radius 2 is 1.74 bits per heavy atom. The van der Waals surface area contributed by atoms with E-state index >= 15 is 0 Å². The van der Waals surface area contributed by atoms with Gasteiger partial charge >= 0.3 is 0 Å². The normalized spacial score (nSPS) is 18.8. The van der Waals surface area contributed by atoms with Crippen LogP contribution >= 0.6 is 11.6 Å². The summed E-state index contributed by atoms with van der Waals surface area (Å²) in [5, 5.41) is 6.42. The Bertz CT molecular complexity index is 1050. The molecule has 0 aromatic heterocycles. The van der Waals surface area contributed by atoms with Crippen molar-refractivity contribution >= 4 is 40.7 Å². The largest absolute Gasteiger partial charge is 0.369 e. The molecule has 2 aromatic carbocycles. The maximum atomic E-state index is 13.2. The third kappa shape index (κ3) is 6.32. The number of halogens is 1. The number of hydrogen-bond donors (Lipinski definition) is 2. The fraction of sp³-hybridized carbons (Fsp3) is 0.423. The number of amides is 3. The number of piperazine rings is 2. The van der Waals surface area contributed by atoms with Crippen molar-refractivity contribution < 1.29 is 14.4 Å². The molecule has 2 aliphatic rings. The average molecular weight is 498 g/mol. The van der Waals surface area contributed by atoms with Gasteiger partial charge in [0.1, 0.15) is 6.04 Å². The molecule has 0 saturated carbocycles. The number of rotatable bonds is 7. The molecule has 2 aliphatic heterocycles. The molecule has 0 aliphatic carbocycles. The Morgan fingerprint density at radius 1 is 1.03 bits per heavy atom. The summed E-state index contributed by atoms with van der Waals surface area (Å²) in [6, 6.07) is 14.6. The maximum Gasteiger partial charge on any atom is 0.243 e. The van der Waals surface area contributed by atoms with Crippen LogP contribution in [0.4, 0.5) is 11.4 Å². The Balaban J connectivity index is 1.33. The lowest BCUT2D eigenvalue weighted by molar-refractivity contribution is -0.145. The van der Waals surface area contributed by atoms with Crippen molar-refractivity contribution in [3.8, 4) is 0 Å². The fourth-order valence-corrected chi connectivity index (χ4v) is 4.77. The number of benzene rings is 2. The van der Waals surface area contributed by atoms with Gasteiger partial charge in [-0.05, 0) is 42.3 Å². The summed E-state index contributed by atoms with van der Waals surface area (Å²) < 4.78 is 0. The van der Waals surface area contributed by atoms with Crippen LogP contribution in [0.3, 0.4) is 0 Å². The van der Waals surface area contributed by atoms with Gasteiger partial charge in [0.2, 0.25) is 17.7 Å². The number of aryl methyl sites for hydroxylation is 1. The minimum atomic E-state index is -0.805. The molecule has 2 N–H and O–H groups in total. The first-order valence-corrected chi connectivity index (χ1v) is 12.5. The zero-order valence-corrected chi connectivity index (χ0v) is 20.8. The Morgan fingerprint density at radius 3 is 2.46 bits per heavy atom. The molecule has 2 heterocycles. The first kappa shape index (κ1) is 25.0. The molecule has 2 fully saturated rings. The lowest BCUT2D eigenvalue weighted by Gasteiger charge is -2.39. The molecule has 0 bridgehead atoms. The molecule has 3 amide bonds. The second-order valence-corrected chi connectivity index (χ2v) is 9.33. The van der Waals surface area contributed by atoms with Crippen LogP contribution in [0.15, 0.2) is 48.5 Å². The Labute approximate surface area is 211 Å². The van der Waals surface area contributed by atoms with Crippen molar-refractivity contribution in [3.05, 3.63) is 59.1 Å². The highest BCUT2D eigenvalue weighted by atomic mass is 35.5. The lowest BCUT2D eigenvalue weighted by atomic mass is 10.1. The molecule has 0 unspecified atom stereocenters. The first-order valence-electron chi connectivity index (χ1n) is 12.1. The third-order valence-corrected chi connectivity index (χ3v) is 6.88. The number of para-hydroxylation sites is 1. The average Bonchev–Trinajstić information content (AvgIpc) is 2.86. The second-order valence-electron chi connectivity index (χ2n) is 8.90. The van der Waals surface area contributed by atoms with Gasteiger partial charge in [-0.25, -0.2) is 0 Å². The highest BCUT2D eigenvalue weighted by Crippen LogP contribution is 2.20. The van der Waals surface area contributed by atoms with E-state index in [0.29, 0.717) is 18.1 Å². The number of nitrogens with zero attached hydrogens (tertiary/aromatic N) is 3. The summed E-state index contributed by atoms with van der Waals surface area (Å²) in [4.78, 5) is 44.6. The van der Waals surface area contributed by atoms with Crippen molar-refractivity contribution in [2.24, 2.45) is 0 Å². The van der Waals surface area contributed by atoms with E-state index in [9.17, 15) is 14.4 Å². The predicted octanol–water partition coefficient (Wildman–Crippen LogP) is 2.38. The van der Waals surface area contributed by atoms with Gasteiger partial charge in [-0.15, -0.1) is 0 Å². The highest BCUT2D eigenvalue weighted by molar-refractivity contribution is 6.30. The van der Waals surface area contributed by atoms with Crippen LogP contribution in [-0.2, 0) is 20.8 Å². The van der Waals surface area contributed by atoms with Gasteiger partial charge in [0, 0.05) is 55.7 Å². The molecule has 9 heteroatoms. The summed E-state index contributed by atoms with van der Waals surface area (Å²) in [5.74, 6) is -0.676. The number of anilines is 2. The molecule has 186 valence electrons. The monoisotopic (exact) mass is 497 g/mol. The van der Waals surface area contributed by atoms with Crippen LogP contribution in [-0.4, -0.2) is 79.4 Å². The van der Waals surface area contributed by atoms with E-state index in [1.54, 1.807) is 4.90 Å². The van der Waals surface area contributed by atoms with Crippen molar-refractivity contribution in [2.75, 3.05) is 56.0 Å². The zero-order chi connectivity index (χ0) is 24.8. The van der Waals surface area contributed by atoms with Gasteiger partial charge in [-0.2, -0.15) is 0 Å². The summed E-state index contributed by atoms with van der Waals surface area (Å²) in [6.45, 7) is 6.15. The molecule has 1 atom stereocenters. The SMILES string of the molecule is CCc1ccccc1NC(=O)C[C@@H]1C(=O)NCCN1C(=O)CN1CCN(c2ccc(Cl)cc2)CC1. The van der Waals surface area contributed by atoms with Gasteiger partial charge in [0.15, 0.2) is 0 Å². The van der Waals surface area contributed by atoms with Crippen LogP contribution in [0, 0.1) is 0 Å². The molecule has 8 nitrogen and oxygen atoms in total. The van der Waals surface area contributed by atoms with Crippen LogP contribution in [0.5, 0.6) is 0 Å². The predicted molar refractivity (Wildman–Crippen MR) is 138 cm³/mol. The minimum Gasteiger partial charge on any atom is -0.369 e. The Kier molecular flexibility index (Phi) is 8.25. The van der Waals surface area contributed by atoms with Crippen molar-refractivity contribution in [2.45, 2.75) is 25.8 Å². The highest BCUT2D eigenvalue weighted by Gasteiger charge is 2.35. The van der Waals surface area contributed by atoms with E-state index in [2.05, 4.69) is 20.4 Å². The molecule has 0 radical (unpaired) electrons. The quantitative estimate of drug-likeness (QED) is 0.613. The number of carbonyl (C=O) groups is 3. The second kappa shape index (κ2) is 11.6. The number of nitrogens with one attached hydrogen (secondary N) is 2. The van der Waals surface area contributed by atoms with Crippen LogP contribution in [0.2, 0.25) is 5.02 Å². The number of hydrogen-bond acceptors (Lipinski definition) is 5. The van der Waals surface area contributed by atoms with E-state index in [1.807, 2.05) is 55.5 Å². The summed E-state index contributed by atoms with van der Waals surface area (Å²) in [5.41, 5.74) is 2.89. The van der Waals surface area contributed by atoms with E-state index < -0.39 is 6.04 Å². The van der Waals surface area contributed by atoms with E-state index in [1.165, 1.54) is 0 Å². The van der Waals surface area contributed by atoms with Crippen molar-refractivity contribution in [3.63, 3.8) is 0 Å². The third-order valence-electron chi connectivity index (χ3n) is 6.63. The number of carbonyl (C=O) groups excluding carboxylic acids is 3. The molecule has 2 aromatic rings. The summed E-state index contributed by atoms with van der Waals surface area (Å²) in [7, 11) is 0. The first-order chi connectivity index (χ1) is 16.9. The van der Waals surface area contributed by atoms with E-state index in [-0.39, 0.29) is 30.7 Å². The van der Waals surface area contributed by atoms with Crippen molar-refractivity contribution in [1.82, 2.24) is 15.1 Å². The standard InChI is InChI=1S/C26H32ClN5O3/c1-2-19-5-3-4-6-22(19)29-24(33)17-23-26(35)28-11-12-32(23)25(34)18-30-13-15-31(16-14-30)21-9-7-20(27)8-10-21/h3-10,23H,2,11-18H2,1H3,(H,28,35)(H,29,33)/t23-/m1/s1. The van der Waals surface area contributed by atoms with Crippen LogP contribution in [0.1, 0.15) is 18.9 Å². The van der Waals surface area contributed by atoms with E-state index in [0.717, 1.165) is 49.5 Å². The molecular weight excluding hydrogens is 466 g/mol. The van der Waals surface area contributed by atoms with Gasteiger partial charge in [-0.1, -0.05) is 36.7 Å². The van der Waals surface area contributed by atoms with Crippen LogP contribution in [0.25, 0.3) is 0 Å². The minimum absolute atomic E-state index is 0.0695. The topological polar surface area (TPSA) is 85.0 Å². The molecule has 4 rings (SSSR count). The molecular formula is C26H32ClN5O3. The lowest BCUT2D eigenvalue weighted by Crippen LogP contribution is -2.60. The molecule has 2 saturated heterocycles.